The molecular formula is C11H20N4O. The maximum absolute atomic E-state index is 12.0. The summed E-state index contributed by atoms with van der Waals surface area (Å²) in [6.45, 7) is 4.63. The van der Waals surface area contributed by atoms with Gasteiger partial charge in [-0.1, -0.05) is 0 Å². The Morgan fingerprint density at radius 1 is 1.62 bits per heavy atom. The lowest BCUT2D eigenvalue weighted by Crippen LogP contribution is -2.42. The second kappa shape index (κ2) is 4.65. The van der Waals surface area contributed by atoms with Crippen LogP contribution in [-0.4, -0.2) is 34.2 Å². The molecule has 0 spiro atoms. The normalized spacial score (nSPS) is 11.6. The van der Waals surface area contributed by atoms with E-state index in [1.165, 1.54) is 0 Å². The first-order chi connectivity index (χ1) is 7.36. The number of rotatable bonds is 4. The van der Waals surface area contributed by atoms with Gasteiger partial charge in [-0.05, 0) is 13.8 Å². The molecule has 0 atom stereocenters. The molecule has 0 saturated heterocycles. The number of aryl methyl sites for hydroxylation is 1. The van der Waals surface area contributed by atoms with Crippen LogP contribution in [0.2, 0.25) is 0 Å². The van der Waals surface area contributed by atoms with Gasteiger partial charge in [-0.3, -0.25) is 9.48 Å². The van der Waals surface area contributed by atoms with Gasteiger partial charge in [-0.15, -0.1) is 0 Å². The van der Waals surface area contributed by atoms with Gasteiger partial charge in [-0.2, -0.15) is 5.10 Å². The molecular weight excluding hydrogens is 204 g/mol. The average Bonchev–Trinajstić information content (AvgIpc) is 2.62. The van der Waals surface area contributed by atoms with Crippen molar-refractivity contribution in [2.45, 2.75) is 20.4 Å². The first-order valence-corrected chi connectivity index (χ1v) is 5.30. The van der Waals surface area contributed by atoms with Gasteiger partial charge in [0.05, 0.1) is 11.6 Å². The van der Waals surface area contributed by atoms with Gasteiger partial charge in [0.15, 0.2) is 0 Å². The maximum Gasteiger partial charge on any atom is 0.229 e. The molecule has 5 heteroatoms. The first kappa shape index (κ1) is 12.7. The predicted octanol–water partition coefficient (Wildman–Crippen LogP) is 0.363. The van der Waals surface area contributed by atoms with Gasteiger partial charge in [0.1, 0.15) is 0 Å². The standard InChI is InChI=1S/C11H20N4O/c1-11(2,8-12)10(16)14(3)6-9-5-13-15(4)7-9/h5,7H,6,8,12H2,1-4H3. The fourth-order valence-corrected chi connectivity index (χ4v) is 1.50. The number of nitrogens with two attached hydrogens (primary N) is 1. The first-order valence-electron chi connectivity index (χ1n) is 5.30. The van der Waals surface area contributed by atoms with Crippen molar-refractivity contribution in [2.24, 2.45) is 18.2 Å². The van der Waals surface area contributed by atoms with Crippen molar-refractivity contribution in [2.75, 3.05) is 13.6 Å². The average molecular weight is 224 g/mol. The van der Waals surface area contributed by atoms with Gasteiger partial charge < -0.3 is 10.6 Å². The Kier molecular flexibility index (Phi) is 3.70. The summed E-state index contributed by atoms with van der Waals surface area (Å²) in [4.78, 5) is 13.7. The molecule has 0 unspecified atom stereocenters. The van der Waals surface area contributed by atoms with E-state index < -0.39 is 5.41 Å². The summed E-state index contributed by atoms with van der Waals surface area (Å²) in [7, 11) is 3.64. The third-order valence-electron chi connectivity index (χ3n) is 2.61. The fourth-order valence-electron chi connectivity index (χ4n) is 1.50. The summed E-state index contributed by atoms with van der Waals surface area (Å²) in [5.74, 6) is 0.0545. The minimum atomic E-state index is -0.503. The van der Waals surface area contributed by atoms with Crippen molar-refractivity contribution in [1.29, 1.82) is 0 Å². The number of carbonyl (C=O) groups excluding carboxylic acids is 1. The largest absolute Gasteiger partial charge is 0.341 e. The molecule has 0 radical (unpaired) electrons. The Hall–Kier alpha value is -1.36. The maximum atomic E-state index is 12.0. The van der Waals surface area contributed by atoms with Crippen LogP contribution in [-0.2, 0) is 18.4 Å². The Morgan fingerprint density at radius 2 is 2.25 bits per heavy atom. The van der Waals surface area contributed by atoms with E-state index in [0.717, 1.165) is 5.56 Å². The van der Waals surface area contributed by atoms with Crippen molar-refractivity contribution < 1.29 is 4.79 Å². The van der Waals surface area contributed by atoms with Crippen molar-refractivity contribution in [3.63, 3.8) is 0 Å². The molecule has 0 bridgehead atoms. The molecule has 1 heterocycles. The van der Waals surface area contributed by atoms with E-state index in [1.54, 1.807) is 22.8 Å². The zero-order chi connectivity index (χ0) is 12.3. The molecule has 16 heavy (non-hydrogen) atoms. The summed E-state index contributed by atoms with van der Waals surface area (Å²) in [6.07, 6.45) is 3.67. The number of hydrogen-bond acceptors (Lipinski definition) is 3. The highest BCUT2D eigenvalue weighted by Gasteiger charge is 2.28. The Bertz CT molecular complexity index is 370. The highest BCUT2D eigenvalue weighted by Crippen LogP contribution is 2.17. The summed E-state index contributed by atoms with van der Waals surface area (Å²) < 4.78 is 1.72. The molecule has 0 fully saturated rings. The molecule has 90 valence electrons. The minimum Gasteiger partial charge on any atom is -0.341 e. The highest BCUT2D eigenvalue weighted by molar-refractivity contribution is 5.81. The number of nitrogens with zero attached hydrogens (tertiary/aromatic N) is 3. The smallest absolute Gasteiger partial charge is 0.229 e. The van der Waals surface area contributed by atoms with Gasteiger partial charge in [0.25, 0.3) is 0 Å². The van der Waals surface area contributed by atoms with Crippen LogP contribution >= 0.6 is 0 Å². The number of carbonyl (C=O) groups is 1. The summed E-state index contributed by atoms with van der Waals surface area (Å²) in [5, 5.41) is 4.07. The van der Waals surface area contributed by atoms with Crippen LogP contribution in [0.5, 0.6) is 0 Å². The van der Waals surface area contributed by atoms with Crippen LogP contribution in [0.3, 0.4) is 0 Å². The molecule has 0 saturated carbocycles. The lowest BCUT2D eigenvalue weighted by atomic mass is 9.92. The van der Waals surface area contributed by atoms with Crippen LogP contribution in [0.25, 0.3) is 0 Å². The van der Waals surface area contributed by atoms with Crippen molar-refractivity contribution in [3.8, 4) is 0 Å². The molecule has 0 aliphatic rings. The topological polar surface area (TPSA) is 64.2 Å². The molecule has 0 aliphatic carbocycles. The monoisotopic (exact) mass is 224 g/mol. The van der Waals surface area contributed by atoms with Crippen LogP contribution in [0.4, 0.5) is 0 Å². The van der Waals surface area contributed by atoms with Crippen molar-refractivity contribution in [3.05, 3.63) is 18.0 Å². The molecule has 1 aromatic rings. The third-order valence-corrected chi connectivity index (χ3v) is 2.61. The fraction of sp³-hybridized carbons (Fsp3) is 0.636. The quantitative estimate of drug-likeness (QED) is 0.803. The van der Waals surface area contributed by atoms with E-state index in [9.17, 15) is 4.79 Å². The SMILES string of the molecule is CN(Cc1cnn(C)c1)C(=O)C(C)(C)CN. The van der Waals surface area contributed by atoms with E-state index in [4.69, 9.17) is 5.73 Å². The molecule has 1 rings (SSSR count). The van der Waals surface area contributed by atoms with Crippen LogP contribution in [0, 0.1) is 5.41 Å². The van der Waals surface area contributed by atoms with E-state index in [0.29, 0.717) is 13.1 Å². The zero-order valence-electron chi connectivity index (χ0n) is 10.4. The van der Waals surface area contributed by atoms with Crippen molar-refractivity contribution >= 4 is 5.91 Å². The lowest BCUT2D eigenvalue weighted by Gasteiger charge is -2.27. The van der Waals surface area contributed by atoms with Gasteiger partial charge in [0.2, 0.25) is 5.91 Å². The summed E-state index contributed by atoms with van der Waals surface area (Å²) in [5.41, 5.74) is 6.10. The second-order valence-corrected chi connectivity index (χ2v) is 4.77. The van der Waals surface area contributed by atoms with E-state index >= 15 is 0 Å². The highest BCUT2D eigenvalue weighted by atomic mass is 16.2. The molecule has 0 aliphatic heterocycles. The Balaban J connectivity index is 2.65. The Morgan fingerprint density at radius 3 is 2.69 bits per heavy atom. The third kappa shape index (κ3) is 2.82. The van der Waals surface area contributed by atoms with Crippen LogP contribution < -0.4 is 5.73 Å². The summed E-state index contributed by atoms with van der Waals surface area (Å²) in [6, 6.07) is 0. The van der Waals surface area contributed by atoms with E-state index in [-0.39, 0.29) is 5.91 Å². The Labute approximate surface area is 96.2 Å². The summed E-state index contributed by atoms with van der Waals surface area (Å²) >= 11 is 0. The van der Waals surface area contributed by atoms with Gasteiger partial charge in [-0.25, -0.2) is 0 Å². The van der Waals surface area contributed by atoms with E-state index in [2.05, 4.69) is 5.10 Å². The number of aromatic nitrogens is 2. The second-order valence-electron chi connectivity index (χ2n) is 4.77. The van der Waals surface area contributed by atoms with Crippen molar-refractivity contribution in [1.82, 2.24) is 14.7 Å². The van der Waals surface area contributed by atoms with Gasteiger partial charge >= 0.3 is 0 Å². The predicted molar refractivity (Wildman–Crippen MR) is 62.5 cm³/mol. The molecule has 1 amide bonds. The minimum absolute atomic E-state index is 0.0545. The van der Waals surface area contributed by atoms with Gasteiger partial charge in [0, 0.05) is 38.9 Å². The molecule has 2 N–H and O–H groups in total. The van der Waals surface area contributed by atoms with E-state index in [1.807, 2.05) is 27.1 Å². The molecule has 0 aromatic carbocycles. The van der Waals surface area contributed by atoms with Crippen LogP contribution in [0.15, 0.2) is 12.4 Å². The molecule has 1 aromatic heterocycles. The molecule has 5 nitrogen and oxygen atoms in total. The zero-order valence-corrected chi connectivity index (χ0v) is 10.4. The number of amides is 1. The lowest BCUT2D eigenvalue weighted by molar-refractivity contribution is -0.139. The van der Waals surface area contributed by atoms with Crippen LogP contribution in [0.1, 0.15) is 19.4 Å². The number of hydrogen-bond donors (Lipinski definition) is 1.